The van der Waals surface area contributed by atoms with E-state index in [0.717, 1.165) is 38.5 Å². The van der Waals surface area contributed by atoms with Gasteiger partial charge in [-0.15, -0.1) is 0 Å². The maximum atomic E-state index is 9.88. The van der Waals surface area contributed by atoms with Gasteiger partial charge in [0.15, 0.2) is 0 Å². The Morgan fingerprint density at radius 3 is 1.42 bits per heavy atom. The summed E-state index contributed by atoms with van der Waals surface area (Å²) in [6.45, 7) is 4.20. The fourth-order valence-electron chi connectivity index (χ4n) is 2.65. The van der Waals surface area contributed by atoms with E-state index in [1.165, 1.54) is 0 Å². The third-order valence-corrected chi connectivity index (χ3v) is 4.38. The van der Waals surface area contributed by atoms with Crippen LogP contribution in [0.25, 0.3) is 0 Å². The van der Waals surface area contributed by atoms with Gasteiger partial charge in [0.25, 0.3) is 0 Å². The van der Waals surface area contributed by atoms with E-state index < -0.39 is 11.2 Å². The lowest BCUT2D eigenvalue weighted by Crippen LogP contribution is -2.26. The predicted molar refractivity (Wildman–Crippen MR) is 97.9 cm³/mol. The molecule has 0 spiro atoms. The van der Waals surface area contributed by atoms with Gasteiger partial charge in [0.1, 0.15) is 11.5 Å². The van der Waals surface area contributed by atoms with Crippen molar-refractivity contribution in [1.29, 1.82) is 0 Å². The monoisotopic (exact) mass is 336 g/mol. The van der Waals surface area contributed by atoms with Crippen molar-refractivity contribution in [1.82, 2.24) is 0 Å². The van der Waals surface area contributed by atoms with Gasteiger partial charge in [0, 0.05) is 12.8 Å². The molecule has 0 aromatic heterocycles. The van der Waals surface area contributed by atoms with Crippen molar-refractivity contribution in [2.45, 2.75) is 76.4 Å². The van der Waals surface area contributed by atoms with Gasteiger partial charge in [0.2, 0.25) is 0 Å². The summed E-state index contributed by atoms with van der Waals surface area (Å²) in [6, 6.07) is 0. The molecule has 2 aliphatic rings. The van der Waals surface area contributed by atoms with Crippen molar-refractivity contribution >= 4 is 0 Å². The lowest BCUT2D eigenvalue weighted by Gasteiger charge is -2.25. The van der Waals surface area contributed by atoms with E-state index in [1.54, 1.807) is 36.5 Å². The molecule has 4 N–H and O–H groups in total. The molecule has 0 fully saturated rings. The summed E-state index contributed by atoms with van der Waals surface area (Å²) in [5.41, 5.74) is -1.41. The molecule has 4 nitrogen and oxygen atoms in total. The molecule has 0 heterocycles. The van der Waals surface area contributed by atoms with Crippen LogP contribution in [0, 0.1) is 0 Å². The lowest BCUT2D eigenvalue weighted by atomic mass is 9.89. The Hall–Kier alpha value is -1.52. The maximum Gasteiger partial charge on any atom is 0.111 e. The minimum atomic E-state index is -0.706. The Kier molecular flexibility index (Phi) is 8.29. The Balaban J connectivity index is 0.000000240. The van der Waals surface area contributed by atoms with Gasteiger partial charge in [-0.2, -0.15) is 0 Å². The molecule has 0 radical (unpaired) electrons. The number of aliphatic hydroxyl groups is 4. The highest BCUT2D eigenvalue weighted by atomic mass is 16.3. The molecule has 2 rings (SSSR count). The molecular formula is C20H32O4. The average molecular weight is 336 g/mol. The quantitative estimate of drug-likeness (QED) is 0.570. The van der Waals surface area contributed by atoms with Crippen molar-refractivity contribution in [2.24, 2.45) is 0 Å². The van der Waals surface area contributed by atoms with Crippen LogP contribution in [-0.2, 0) is 0 Å². The molecule has 2 unspecified atom stereocenters. The smallest absolute Gasteiger partial charge is 0.111 e. The van der Waals surface area contributed by atoms with Crippen molar-refractivity contribution in [3.8, 4) is 0 Å². The van der Waals surface area contributed by atoms with Gasteiger partial charge in [-0.05, 0) is 49.3 Å². The van der Waals surface area contributed by atoms with Gasteiger partial charge >= 0.3 is 0 Å². The van der Waals surface area contributed by atoms with Crippen LogP contribution in [0.15, 0.2) is 48.0 Å². The van der Waals surface area contributed by atoms with Crippen LogP contribution in [0.5, 0.6) is 0 Å². The second-order valence-electron chi connectivity index (χ2n) is 6.75. The second-order valence-corrected chi connectivity index (χ2v) is 6.75. The summed E-state index contributed by atoms with van der Waals surface area (Å²) in [7, 11) is 0. The van der Waals surface area contributed by atoms with Crippen LogP contribution in [-0.4, -0.2) is 31.6 Å². The lowest BCUT2D eigenvalue weighted by molar-refractivity contribution is 0.0785. The van der Waals surface area contributed by atoms with Crippen molar-refractivity contribution in [3.05, 3.63) is 48.0 Å². The van der Waals surface area contributed by atoms with Crippen molar-refractivity contribution in [2.75, 3.05) is 0 Å². The molecule has 2 aliphatic carbocycles. The molecule has 0 saturated carbocycles. The van der Waals surface area contributed by atoms with E-state index in [0.29, 0.717) is 12.8 Å². The standard InChI is InChI=1S/2C10H16O2/c2*1-2-3-6-10(12)7-4-9(11)5-8-10/h2*4-5,7,11-12H,2-3,6,8H2,1H3. The highest BCUT2D eigenvalue weighted by Crippen LogP contribution is 2.26. The van der Waals surface area contributed by atoms with Crippen LogP contribution >= 0.6 is 0 Å². The van der Waals surface area contributed by atoms with Gasteiger partial charge in [-0.1, -0.05) is 39.5 Å². The molecular weight excluding hydrogens is 304 g/mol. The topological polar surface area (TPSA) is 80.9 Å². The molecule has 2 atom stereocenters. The van der Waals surface area contributed by atoms with E-state index in [2.05, 4.69) is 13.8 Å². The van der Waals surface area contributed by atoms with E-state index in [1.807, 2.05) is 0 Å². The van der Waals surface area contributed by atoms with Gasteiger partial charge in [-0.3, -0.25) is 0 Å². The molecule has 0 aliphatic heterocycles. The number of rotatable bonds is 6. The van der Waals surface area contributed by atoms with E-state index in [4.69, 9.17) is 10.2 Å². The molecule has 0 aromatic rings. The average Bonchev–Trinajstić information content (AvgIpc) is 2.58. The van der Waals surface area contributed by atoms with Crippen LogP contribution in [0.4, 0.5) is 0 Å². The predicted octanol–water partition coefficient (Wildman–Crippen LogP) is 4.62. The van der Waals surface area contributed by atoms with Crippen LogP contribution in [0.3, 0.4) is 0 Å². The first-order chi connectivity index (χ1) is 11.3. The zero-order chi connectivity index (χ0) is 18.1. The number of hydrogen-bond acceptors (Lipinski definition) is 4. The molecule has 136 valence electrons. The van der Waals surface area contributed by atoms with E-state index >= 15 is 0 Å². The molecule has 4 heteroatoms. The summed E-state index contributed by atoms with van der Waals surface area (Å²) in [4.78, 5) is 0. The molecule has 0 aromatic carbocycles. The first kappa shape index (κ1) is 20.5. The van der Waals surface area contributed by atoms with Crippen LogP contribution in [0.1, 0.15) is 65.2 Å². The highest BCUT2D eigenvalue weighted by Gasteiger charge is 2.24. The van der Waals surface area contributed by atoms with E-state index in [-0.39, 0.29) is 11.5 Å². The molecule has 0 saturated heterocycles. The zero-order valence-corrected chi connectivity index (χ0v) is 14.9. The number of hydrogen-bond donors (Lipinski definition) is 4. The number of aliphatic hydroxyl groups excluding tert-OH is 2. The Morgan fingerprint density at radius 2 is 1.17 bits per heavy atom. The van der Waals surface area contributed by atoms with Crippen molar-refractivity contribution in [3.63, 3.8) is 0 Å². The van der Waals surface area contributed by atoms with Crippen molar-refractivity contribution < 1.29 is 20.4 Å². The van der Waals surface area contributed by atoms with Crippen LogP contribution < -0.4 is 0 Å². The van der Waals surface area contributed by atoms with Gasteiger partial charge in [-0.25, -0.2) is 0 Å². The summed E-state index contributed by atoms with van der Waals surface area (Å²) in [5.74, 6) is 0.521. The summed E-state index contributed by atoms with van der Waals surface area (Å²) in [6.07, 6.45) is 16.7. The Morgan fingerprint density at radius 1 is 0.792 bits per heavy atom. The summed E-state index contributed by atoms with van der Waals surface area (Å²) < 4.78 is 0. The summed E-state index contributed by atoms with van der Waals surface area (Å²) in [5, 5.41) is 37.8. The first-order valence-electron chi connectivity index (χ1n) is 8.94. The normalized spacial score (nSPS) is 28.7. The second kappa shape index (κ2) is 9.70. The maximum absolute atomic E-state index is 9.88. The minimum absolute atomic E-state index is 0.260. The zero-order valence-electron chi connectivity index (χ0n) is 14.9. The van der Waals surface area contributed by atoms with E-state index in [9.17, 15) is 10.2 Å². The fraction of sp³-hybridized carbons (Fsp3) is 0.600. The highest BCUT2D eigenvalue weighted by molar-refractivity contribution is 5.23. The molecule has 24 heavy (non-hydrogen) atoms. The Bertz CT molecular complexity index is 458. The third-order valence-electron chi connectivity index (χ3n) is 4.38. The third kappa shape index (κ3) is 7.37. The minimum Gasteiger partial charge on any atom is -0.508 e. The largest absolute Gasteiger partial charge is 0.508 e. The first-order valence-corrected chi connectivity index (χ1v) is 8.94. The van der Waals surface area contributed by atoms with Gasteiger partial charge in [0.05, 0.1) is 11.2 Å². The number of allylic oxidation sites excluding steroid dienone is 2. The number of unbranched alkanes of at least 4 members (excludes halogenated alkanes) is 2. The van der Waals surface area contributed by atoms with Gasteiger partial charge < -0.3 is 20.4 Å². The SMILES string of the molecule is CCCCC1(O)C=CC(O)=CC1.CCCCC1(O)C=CC(O)=CC1. The molecule has 0 bridgehead atoms. The summed E-state index contributed by atoms with van der Waals surface area (Å²) >= 11 is 0. The fourth-order valence-corrected chi connectivity index (χ4v) is 2.65. The van der Waals surface area contributed by atoms with Crippen LogP contribution in [0.2, 0.25) is 0 Å². The molecule has 0 amide bonds. The Labute approximate surface area is 145 Å².